The maximum absolute atomic E-state index is 8.49. The van der Waals surface area contributed by atoms with Crippen LogP contribution in [0, 0.1) is 10.2 Å². The SMILES string of the molecule is CC[n+]1c(C=Cc2ccc(OC)cc2)ccc2ccccc21.[O-][Cl+3]([O-])([O-])[O-]. The number of aryl methyl sites for hydroxylation is 1. The zero-order valence-electron chi connectivity index (χ0n) is 15.0. The molecule has 0 atom stereocenters. The van der Waals surface area contributed by atoms with Crippen LogP contribution in [0.15, 0.2) is 60.7 Å². The molecule has 0 saturated carbocycles. The van der Waals surface area contributed by atoms with Crippen LogP contribution < -0.4 is 27.9 Å². The molecule has 1 heterocycles. The largest absolute Gasteiger partial charge is 0.497 e. The minimum atomic E-state index is -4.94. The molecule has 0 spiro atoms. The lowest BCUT2D eigenvalue weighted by molar-refractivity contribution is -2.00. The van der Waals surface area contributed by atoms with Crippen molar-refractivity contribution in [3.63, 3.8) is 0 Å². The molecule has 0 aliphatic carbocycles. The molecule has 0 aliphatic heterocycles. The van der Waals surface area contributed by atoms with Crippen molar-refractivity contribution in [1.29, 1.82) is 0 Å². The van der Waals surface area contributed by atoms with Crippen molar-refractivity contribution in [2.24, 2.45) is 0 Å². The summed E-state index contributed by atoms with van der Waals surface area (Å²) in [5.74, 6) is 0.881. The smallest absolute Gasteiger partial charge is 0.212 e. The van der Waals surface area contributed by atoms with Crippen molar-refractivity contribution in [2.45, 2.75) is 13.5 Å². The van der Waals surface area contributed by atoms with Gasteiger partial charge in [0.15, 0.2) is 0 Å². The lowest BCUT2D eigenvalue weighted by atomic mass is 10.1. The second-order valence-electron chi connectivity index (χ2n) is 5.55. The second-order valence-corrected chi connectivity index (χ2v) is 6.30. The van der Waals surface area contributed by atoms with Gasteiger partial charge in [0.2, 0.25) is 11.2 Å². The van der Waals surface area contributed by atoms with Gasteiger partial charge in [-0.25, -0.2) is 18.6 Å². The molecule has 3 rings (SSSR count). The van der Waals surface area contributed by atoms with Gasteiger partial charge in [-0.3, -0.25) is 0 Å². The first-order valence-electron chi connectivity index (χ1n) is 8.17. The van der Waals surface area contributed by atoms with Gasteiger partial charge in [-0.15, -0.1) is 10.2 Å². The predicted molar refractivity (Wildman–Crippen MR) is 91.7 cm³/mol. The van der Waals surface area contributed by atoms with Crippen LogP contribution in [0.1, 0.15) is 18.2 Å². The van der Waals surface area contributed by atoms with Gasteiger partial charge in [-0.2, -0.15) is 4.57 Å². The molecule has 0 unspecified atom stereocenters. The molecule has 3 aromatic rings. The molecular weight excluding hydrogens is 370 g/mol. The van der Waals surface area contributed by atoms with Crippen molar-refractivity contribution in [2.75, 3.05) is 7.11 Å². The average Bonchev–Trinajstić information content (AvgIpc) is 2.65. The van der Waals surface area contributed by atoms with Gasteiger partial charge in [0.1, 0.15) is 12.3 Å². The summed E-state index contributed by atoms with van der Waals surface area (Å²) in [6.45, 7) is 3.13. The van der Waals surface area contributed by atoms with Gasteiger partial charge in [0.25, 0.3) is 0 Å². The van der Waals surface area contributed by atoms with E-state index in [-0.39, 0.29) is 0 Å². The topological polar surface area (TPSA) is 105 Å². The molecule has 0 fully saturated rings. The first-order valence-corrected chi connectivity index (χ1v) is 9.40. The van der Waals surface area contributed by atoms with Crippen molar-refractivity contribution >= 4 is 23.1 Å². The fourth-order valence-corrected chi connectivity index (χ4v) is 2.67. The van der Waals surface area contributed by atoms with Crippen LogP contribution >= 0.6 is 0 Å². The molecule has 1 aromatic heterocycles. The summed E-state index contributed by atoms with van der Waals surface area (Å²) in [7, 11) is -3.26. The van der Waals surface area contributed by atoms with Crippen molar-refractivity contribution in [3.8, 4) is 5.75 Å². The lowest BCUT2D eigenvalue weighted by Crippen LogP contribution is -2.68. The van der Waals surface area contributed by atoms with E-state index in [4.69, 9.17) is 23.4 Å². The first-order chi connectivity index (χ1) is 12.8. The maximum Gasteiger partial charge on any atom is 0.212 e. The third kappa shape index (κ3) is 6.63. The number of ether oxygens (including phenoxy) is 1. The Morgan fingerprint density at radius 2 is 1.52 bits per heavy atom. The van der Waals surface area contributed by atoms with E-state index < -0.39 is 10.2 Å². The third-order valence-electron chi connectivity index (χ3n) is 3.85. The number of rotatable bonds is 4. The van der Waals surface area contributed by atoms with E-state index in [9.17, 15) is 0 Å². The lowest BCUT2D eigenvalue weighted by Gasteiger charge is -2.17. The number of aromatic nitrogens is 1. The first kappa shape index (κ1) is 20.8. The molecule has 7 heteroatoms. The Morgan fingerprint density at radius 3 is 2.11 bits per heavy atom. The zero-order valence-corrected chi connectivity index (χ0v) is 15.8. The van der Waals surface area contributed by atoms with Crippen LogP contribution in [-0.2, 0) is 6.54 Å². The molecule has 6 nitrogen and oxygen atoms in total. The summed E-state index contributed by atoms with van der Waals surface area (Å²) in [6.07, 6.45) is 4.30. The highest BCUT2D eigenvalue weighted by molar-refractivity contribution is 5.77. The van der Waals surface area contributed by atoms with E-state index in [1.54, 1.807) is 7.11 Å². The second kappa shape index (κ2) is 9.45. The molecule has 0 N–H and O–H groups in total. The van der Waals surface area contributed by atoms with E-state index in [2.05, 4.69) is 72.2 Å². The third-order valence-corrected chi connectivity index (χ3v) is 3.85. The fourth-order valence-electron chi connectivity index (χ4n) is 2.67. The molecular formula is C20H20ClNO5. The van der Waals surface area contributed by atoms with Crippen molar-refractivity contribution in [1.82, 2.24) is 0 Å². The Labute approximate surface area is 159 Å². The minimum absolute atomic E-state index is 0.881. The zero-order chi connectivity index (χ0) is 19.9. The van der Waals surface area contributed by atoms with Gasteiger partial charge < -0.3 is 4.74 Å². The Balaban J connectivity index is 0.000000465. The summed E-state index contributed by atoms with van der Waals surface area (Å²) in [5.41, 5.74) is 3.63. The number of pyridine rings is 1. The molecule has 0 radical (unpaired) electrons. The molecule has 0 bridgehead atoms. The maximum atomic E-state index is 8.49. The van der Waals surface area contributed by atoms with E-state index in [0.717, 1.165) is 17.9 Å². The number of fused-ring (bicyclic) bond motifs is 1. The number of methoxy groups -OCH3 is 1. The van der Waals surface area contributed by atoms with Gasteiger partial charge in [-0.05, 0) is 42.8 Å². The molecule has 0 saturated heterocycles. The highest BCUT2D eigenvalue weighted by Crippen LogP contribution is 2.15. The van der Waals surface area contributed by atoms with Crippen LogP contribution in [0.25, 0.3) is 23.1 Å². The van der Waals surface area contributed by atoms with Gasteiger partial charge in [0, 0.05) is 23.6 Å². The number of hydrogen-bond acceptors (Lipinski definition) is 5. The van der Waals surface area contributed by atoms with Gasteiger partial charge in [-0.1, -0.05) is 24.3 Å². The van der Waals surface area contributed by atoms with Gasteiger partial charge >= 0.3 is 0 Å². The number of hydrogen-bond donors (Lipinski definition) is 0. The van der Waals surface area contributed by atoms with E-state index in [1.165, 1.54) is 16.6 Å². The van der Waals surface area contributed by atoms with Crippen LogP contribution in [0.2, 0.25) is 0 Å². The fraction of sp³-hybridized carbons (Fsp3) is 0.150. The van der Waals surface area contributed by atoms with E-state index >= 15 is 0 Å². The highest BCUT2D eigenvalue weighted by Gasteiger charge is 2.10. The Hall–Kier alpha value is -2.48. The summed E-state index contributed by atoms with van der Waals surface area (Å²) in [4.78, 5) is 0. The Morgan fingerprint density at radius 1 is 0.889 bits per heavy atom. The summed E-state index contributed by atoms with van der Waals surface area (Å²) >= 11 is 0. The molecule has 0 amide bonds. The normalized spacial score (nSPS) is 11.3. The minimum Gasteiger partial charge on any atom is -0.497 e. The monoisotopic (exact) mass is 389 g/mol. The molecule has 0 aliphatic rings. The van der Waals surface area contributed by atoms with Gasteiger partial charge in [0.05, 0.1) is 7.11 Å². The summed E-state index contributed by atoms with van der Waals surface area (Å²) in [6, 6.07) is 20.9. The number of nitrogens with zero attached hydrogens (tertiary/aromatic N) is 1. The molecule has 142 valence electrons. The average molecular weight is 390 g/mol. The number of benzene rings is 2. The van der Waals surface area contributed by atoms with Crippen LogP contribution in [0.4, 0.5) is 0 Å². The number of halogens is 1. The van der Waals surface area contributed by atoms with Crippen LogP contribution in [0.5, 0.6) is 5.75 Å². The Bertz CT molecular complexity index is 898. The van der Waals surface area contributed by atoms with E-state index in [0.29, 0.717) is 0 Å². The summed E-state index contributed by atoms with van der Waals surface area (Å²) < 4.78 is 41.5. The predicted octanol–water partition coefficient (Wildman–Crippen LogP) is -0.430. The summed E-state index contributed by atoms with van der Waals surface area (Å²) in [5, 5.41) is 1.27. The van der Waals surface area contributed by atoms with Crippen molar-refractivity contribution < 1.29 is 38.2 Å². The standard InChI is InChI=1S/C20H20NO.ClHO4/c1-3-21-18(13-11-17-6-4-5-7-20(17)21)12-8-16-9-14-19(22-2)15-10-16;2-1(3,4)5/h4-15H,3H2,1-2H3;(H,2,3,4,5)/q+1;/p-1. The van der Waals surface area contributed by atoms with Crippen molar-refractivity contribution in [3.05, 3.63) is 71.9 Å². The quantitative estimate of drug-likeness (QED) is 0.563. The van der Waals surface area contributed by atoms with E-state index in [1.807, 2.05) is 12.1 Å². The Kier molecular flexibility index (Phi) is 7.29. The molecule has 2 aromatic carbocycles. The highest BCUT2D eigenvalue weighted by atomic mass is 35.7. The number of para-hydroxylation sites is 1. The van der Waals surface area contributed by atoms with Crippen LogP contribution in [0.3, 0.4) is 0 Å². The van der Waals surface area contributed by atoms with Crippen LogP contribution in [-0.4, -0.2) is 7.11 Å². The molecule has 27 heavy (non-hydrogen) atoms.